The molecule has 1 heterocycles. The van der Waals surface area contributed by atoms with Crippen molar-refractivity contribution in [3.8, 4) is 11.6 Å². The molecule has 18 heavy (non-hydrogen) atoms. The summed E-state index contributed by atoms with van der Waals surface area (Å²) in [5.41, 5.74) is -0.397. The highest BCUT2D eigenvalue weighted by molar-refractivity contribution is 9.10. The van der Waals surface area contributed by atoms with Gasteiger partial charge in [-0.2, -0.15) is 0 Å². The highest BCUT2D eigenvalue weighted by atomic mass is 79.9. The number of hydrogen-bond acceptors (Lipinski definition) is 3. The summed E-state index contributed by atoms with van der Waals surface area (Å²) in [6.07, 6.45) is 1.54. The molecule has 1 N–H and O–H groups in total. The molecule has 92 valence electrons. The molecule has 0 atom stereocenters. The fourth-order valence-corrected chi connectivity index (χ4v) is 1.51. The maximum absolute atomic E-state index is 13.4. The molecule has 6 heteroatoms. The van der Waals surface area contributed by atoms with Crippen molar-refractivity contribution >= 4 is 21.9 Å². The van der Waals surface area contributed by atoms with E-state index in [-0.39, 0.29) is 5.75 Å². The third-order valence-electron chi connectivity index (χ3n) is 2.09. The van der Waals surface area contributed by atoms with Crippen molar-refractivity contribution in [1.29, 1.82) is 0 Å². The van der Waals surface area contributed by atoms with Gasteiger partial charge in [0.05, 0.1) is 5.56 Å². The van der Waals surface area contributed by atoms with Crippen LogP contribution in [0.2, 0.25) is 0 Å². The number of benzene rings is 1. The number of carboxylic acids is 1. The van der Waals surface area contributed by atoms with Gasteiger partial charge >= 0.3 is 5.97 Å². The van der Waals surface area contributed by atoms with Crippen LogP contribution in [0.5, 0.6) is 11.6 Å². The molecule has 0 saturated carbocycles. The smallest absolute Gasteiger partial charge is 0.338 e. The number of rotatable bonds is 3. The van der Waals surface area contributed by atoms with Gasteiger partial charge in [0.25, 0.3) is 0 Å². The van der Waals surface area contributed by atoms with Crippen molar-refractivity contribution in [3.63, 3.8) is 0 Å². The molecule has 1 aromatic heterocycles. The Labute approximate surface area is 110 Å². The van der Waals surface area contributed by atoms with Crippen molar-refractivity contribution in [2.45, 2.75) is 0 Å². The first-order valence-electron chi connectivity index (χ1n) is 4.88. The topological polar surface area (TPSA) is 59.4 Å². The Morgan fingerprint density at radius 2 is 2.11 bits per heavy atom. The van der Waals surface area contributed by atoms with E-state index in [9.17, 15) is 9.18 Å². The average Bonchev–Trinajstić information content (AvgIpc) is 2.32. The third kappa shape index (κ3) is 2.84. The number of aromatic nitrogens is 1. The molecule has 0 spiro atoms. The van der Waals surface area contributed by atoms with Gasteiger partial charge in [-0.05, 0) is 34.1 Å². The van der Waals surface area contributed by atoms with Gasteiger partial charge in [0.1, 0.15) is 11.6 Å². The molecule has 1 aromatic carbocycles. The minimum atomic E-state index is -1.32. The fraction of sp³-hybridized carbons (Fsp3) is 0. The van der Waals surface area contributed by atoms with Crippen LogP contribution in [0.3, 0.4) is 0 Å². The van der Waals surface area contributed by atoms with Crippen LogP contribution < -0.4 is 4.74 Å². The Morgan fingerprint density at radius 1 is 1.33 bits per heavy atom. The monoisotopic (exact) mass is 311 g/mol. The highest BCUT2D eigenvalue weighted by Gasteiger charge is 2.11. The van der Waals surface area contributed by atoms with Crippen molar-refractivity contribution in [2.75, 3.05) is 0 Å². The Hall–Kier alpha value is -1.95. The normalized spacial score (nSPS) is 10.1. The van der Waals surface area contributed by atoms with E-state index >= 15 is 0 Å². The van der Waals surface area contributed by atoms with E-state index in [0.29, 0.717) is 5.88 Å². The maximum atomic E-state index is 13.4. The van der Waals surface area contributed by atoms with Gasteiger partial charge in [-0.3, -0.25) is 0 Å². The first kappa shape index (κ1) is 12.5. The Kier molecular flexibility index (Phi) is 3.57. The van der Waals surface area contributed by atoms with E-state index in [4.69, 9.17) is 9.84 Å². The highest BCUT2D eigenvalue weighted by Crippen LogP contribution is 2.22. The molecular weight excluding hydrogens is 305 g/mol. The lowest BCUT2D eigenvalue weighted by molar-refractivity contribution is 0.0692. The summed E-state index contributed by atoms with van der Waals surface area (Å²) in [5, 5.41) is 8.68. The molecule has 0 bridgehead atoms. The molecule has 0 unspecified atom stereocenters. The van der Waals surface area contributed by atoms with Crippen molar-refractivity contribution in [2.24, 2.45) is 0 Å². The molecule has 0 aliphatic carbocycles. The summed E-state index contributed by atoms with van der Waals surface area (Å²) >= 11 is 3.22. The van der Waals surface area contributed by atoms with Crippen molar-refractivity contribution in [3.05, 3.63) is 52.4 Å². The van der Waals surface area contributed by atoms with Crippen LogP contribution in [0, 0.1) is 5.82 Å². The summed E-state index contributed by atoms with van der Waals surface area (Å²) in [4.78, 5) is 14.6. The first-order valence-corrected chi connectivity index (χ1v) is 5.68. The maximum Gasteiger partial charge on any atom is 0.338 e. The van der Waals surface area contributed by atoms with E-state index < -0.39 is 17.3 Å². The van der Waals surface area contributed by atoms with Gasteiger partial charge in [0, 0.05) is 22.8 Å². The number of carboxylic acid groups (broad SMARTS) is 1. The standard InChI is InChI=1S/C12H7BrFNO3/c13-7-1-4-11(15-6-7)18-8-2-3-9(12(16)17)10(14)5-8/h1-6H,(H,16,17). The molecule has 0 saturated heterocycles. The van der Waals surface area contributed by atoms with Crippen LogP contribution in [0.25, 0.3) is 0 Å². The van der Waals surface area contributed by atoms with E-state index in [0.717, 1.165) is 16.6 Å². The molecule has 0 amide bonds. The summed E-state index contributed by atoms with van der Waals surface area (Å²) in [7, 11) is 0. The predicted octanol–water partition coefficient (Wildman–Crippen LogP) is 3.47. The van der Waals surface area contributed by atoms with E-state index in [1.54, 1.807) is 12.1 Å². The van der Waals surface area contributed by atoms with Crippen molar-refractivity contribution in [1.82, 2.24) is 4.98 Å². The Balaban J connectivity index is 2.22. The molecule has 0 aliphatic rings. The molecule has 2 aromatic rings. The summed E-state index contributed by atoms with van der Waals surface area (Å²) < 4.78 is 19.5. The number of carbonyl (C=O) groups is 1. The lowest BCUT2D eigenvalue weighted by Crippen LogP contribution is -2.00. The van der Waals surface area contributed by atoms with Crippen LogP contribution in [0.4, 0.5) is 4.39 Å². The fourth-order valence-electron chi connectivity index (χ4n) is 1.28. The second-order valence-electron chi connectivity index (χ2n) is 3.36. The summed E-state index contributed by atoms with van der Waals surface area (Å²) in [6.45, 7) is 0. The van der Waals surface area contributed by atoms with Gasteiger partial charge in [-0.25, -0.2) is 14.2 Å². The summed E-state index contributed by atoms with van der Waals surface area (Å²) in [5.74, 6) is -1.69. The number of ether oxygens (including phenoxy) is 1. The van der Waals surface area contributed by atoms with Gasteiger partial charge in [-0.1, -0.05) is 0 Å². The predicted molar refractivity (Wildman–Crippen MR) is 65.4 cm³/mol. The van der Waals surface area contributed by atoms with Crippen LogP contribution in [0.1, 0.15) is 10.4 Å². The molecule has 2 rings (SSSR count). The molecule has 4 nitrogen and oxygen atoms in total. The van der Waals surface area contributed by atoms with Gasteiger partial charge in [0.2, 0.25) is 5.88 Å². The van der Waals surface area contributed by atoms with Crippen LogP contribution >= 0.6 is 15.9 Å². The molecule has 0 aliphatic heterocycles. The Bertz CT molecular complexity index is 586. The zero-order valence-corrected chi connectivity index (χ0v) is 10.5. The molecule has 0 radical (unpaired) electrons. The zero-order chi connectivity index (χ0) is 13.1. The number of pyridine rings is 1. The van der Waals surface area contributed by atoms with Gasteiger partial charge in [0.15, 0.2) is 0 Å². The van der Waals surface area contributed by atoms with Crippen LogP contribution in [-0.2, 0) is 0 Å². The quantitative estimate of drug-likeness (QED) is 0.943. The second-order valence-corrected chi connectivity index (χ2v) is 4.28. The average molecular weight is 312 g/mol. The van der Waals surface area contributed by atoms with E-state index in [1.807, 2.05) is 0 Å². The molecular formula is C12H7BrFNO3. The minimum absolute atomic E-state index is 0.187. The first-order chi connectivity index (χ1) is 8.56. The lowest BCUT2D eigenvalue weighted by Gasteiger charge is -2.05. The summed E-state index contributed by atoms with van der Waals surface area (Å²) in [6, 6.07) is 6.85. The van der Waals surface area contributed by atoms with Crippen LogP contribution in [0.15, 0.2) is 41.0 Å². The number of halogens is 2. The third-order valence-corrected chi connectivity index (χ3v) is 2.56. The minimum Gasteiger partial charge on any atom is -0.478 e. The SMILES string of the molecule is O=C(O)c1ccc(Oc2ccc(Br)cn2)cc1F. The van der Waals surface area contributed by atoms with Gasteiger partial charge < -0.3 is 9.84 Å². The number of aromatic carboxylic acids is 1. The van der Waals surface area contributed by atoms with E-state index in [1.165, 1.54) is 12.3 Å². The largest absolute Gasteiger partial charge is 0.478 e. The van der Waals surface area contributed by atoms with Gasteiger partial charge in [-0.15, -0.1) is 0 Å². The van der Waals surface area contributed by atoms with E-state index in [2.05, 4.69) is 20.9 Å². The van der Waals surface area contributed by atoms with Crippen LogP contribution in [-0.4, -0.2) is 16.1 Å². The Morgan fingerprint density at radius 3 is 2.67 bits per heavy atom. The zero-order valence-electron chi connectivity index (χ0n) is 8.93. The number of hydrogen-bond donors (Lipinski definition) is 1. The lowest BCUT2D eigenvalue weighted by atomic mass is 10.2. The second kappa shape index (κ2) is 5.14. The van der Waals surface area contributed by atoms with Crippen molar-refractivity contribution < 1.29 is 19.0 Å². The number of nitrogens with zero attached hydrogens (tertiary/aromatic N) is 1. The molecule has 0 fully saturated rings.